The normalized spacial score (nSPS) is 11.0. The van der Waals surface area contributed by atoms with Crippen LogP contribution in [0.3, 0.4) is 0 Å². The topological polar surface area (TPSA) is 34.9 Å². The molecule has 6 heteroatoms. The van der Waals surface area contributed by atoms with Gasteiger partial charge in [0.05, 0.1) is 27.5 Å². The van der Waals surface area contributed by atoms with Gasteiger partial charge in [0.25, 0.3) is 5.56 Å². The third-order valence-corrected chi connectivity index (χ3v) is 3.89. The molecule has 3 rings (SSSR count). The Morgan fingerprint density at radius 1 is 1.10 bits per heavy atom. The number of rotatable bonds is 2. The highest BCUT2D eigenvalue weighted by Gasteiger charge is 2.14. The zero-order valence-corrected chi connectivity index (χ0v) is 13.0. The van der Waals surface area contributed by atoms with E-state index in [2.05, 4.69) is 4.98 Å². The van der Waals surface area contributed by atoms with E-state index in [4.69, 9.17) is 34.8 Å². The highest BCUT2D eigenvalue weighted by atomic mass is 35.5. The molecule has 3 aromatic rings. The van der Waals surface area contributed by atoms with E-state index >= 15 is 0 Å². The summed E-state index contributed by atoms with van der Waals surface area (Å²) in [6.07, 6.45) is 0. The summed E-state index contributed by atoms with van der Waals surface area (Å²) in [5, 5.41) is 1.38. The minimum atomic E-state index is -0.208. The molecule has 0 saturated carbocycles. The summed E-state index contributed by atoms with van der Waals surface area (Å²) in [4.78, 5) is 17.2. The molecule has 0 aliphatic rings. The van der Waals surface area contributed by atoms with Crippen LogP contribution in [-0.4, -0.2) is 9.55 Å². The van der Waals surface area contributed by atoms with E-state index in [9.17, 15) is 4.79 Å². The maximum Gasteiger partial charge on any atom is 0.266 e. The molecule has 0 aliphatic carbocycles. The number of para-hydroxylation sites is 1. The van der Waals surface area contributed by atoms with Crippen LogP contribution in [0, 0.1) is 0 Å². The molecule has 21 heavy (non-hydrogen) atoms. The molecule has 0 spiro atoms. The van der Waals surface area contributed by atoms with Crippen LogP contribution in [0.15, 0.2) is 47.3 Å². The van der Waals surface area contributed by atoms with Crippen LogP contribution in [0.5, 0.6) is 0 Å². The molecule has 106 valence electrons. The van der Waals surface area contributed by atoms with Crippen molar-refractivity contribution < 1.29 is 0 Å². The van der Waals surface area contributed by atoms with Crippen molar-refractivity contribution >= 4 is 45.7 Å². The van der Waals surface area contributed by atoms with Gasteiger partial charge in [0.2, 0.25) is 0 Å². The van der Waals surface area contributed by atoms with Gasteiger partial charge in [-0.15, -0.1) is 11.6 Å². The van der Waals surface area contributed by atoms with Crippen molar-refractivity contribution in [3.8, 4) is 5.69 Å². The van der Waals surface area contributed by atoms with Gasteiger partial charge >= 0.3 is 0 Å². The van der Waals surface area contributed by atoms with Gasteiger partial charge in [0.15, 0.2) is 0 Å². The second kappa shape index (κ2) is 5.68. The van der Waals surface area contributed by atoms with Crippen LogP contribution in [-0.2, 0) is 5.88 Å². The summed E-state index contributed by atoms with van der Waals surface area (Å²) in [5.41, 5.74) is 0.917. The van der Waals surface area contributed by atoms with E-state index in [1.165, 1.54) is 4.57 Å². The Morgan fingerprint density at radius 2 is 1.86 bits per heavy atom. The van der Waals surface area contributed by atoms with Crippen molar-refractivity contribution in [2.24, 2.45) is 0 Å². The number of hydrogen-bond acceptors (Lipinski definition) is 2. The molecule has 1 aromatic heterocycles. The third kappa shape index (κ3) is 2.53. The SMILES string of the molecule is O=c1c2ccccc2nc(CCl)n1-c1ccc(Cl)cc1Cl. The van der Waals surface area contributed by atoms with Crippen LogP contribution in [0.4, 0.5) is 0 Å². The Kier molecular flexibility index (Phi) is 3.89. The lowest BCUT2D eigenvalue weighted by molar-refractivity contribution is 0.882. The number of aromatic nitrogens is 2. The molecular weight excluding hydrogens is 331 g/mol. The minimum absolute atomic E-state index is 0.0963. The van der Waals surface area contributed by atoms with Crippen LogP contribution < -0.4 is 5.56 Å². The summed E-state index contributed by atoms with van der Waals surface area (Å²) in [7, 11) is 0. The summed E-state index contributed by atoms with van der Waals surface area (Å²) in [6, 6.07) is 12.1. The van der Waals surface area contributed by atoms with Gasteiger partial charge in [0.1, 0.15) is 5.82 Å². The average Bonchev–Trinajstić information content (AvgIpc) is 2.48. The highest BCUT2D eigenvalue weighted by molar-refractivity contribution is 6.35. The molecule has 0 atom stereocenters. The van der Waals surface area contributed by atoms with Crippen LogP contribution in [0.25, 0.3) is 16.6 Å². The molecule has 1 heterocycles. The summed E-state index contributed by atoms with van der Waals surface area (Å²) in [5.74, 6) is 0.531. The number of fused-ring (bicyclic) bond motifs is 1. The van der Waals surface area contributed by atoms with E-state index in [0.29, 0.717) is 32.5 Å². The maximum absolute atomic E-state index is 12.7. The van der Waals surface area contributed by atoms with Gasteiger partial charge in [0, 0.05) is 5.02 Å². The smallest absolute Gasteiger partial charge is 0.266 e. The molecule has 0 aliphatic heterocycles. The number of benzene rings is 2. The van der Waals surface area contributed by atoms with Crippen molar-refractivity contribution in [2.45, 2.75) is 5.88 Å². The molecule has 0 fully saturated rings. The molecule has 0 N–H and O–H groups in total. The zero-order chi connectivity index (χ0) is 15.0. The fourth-order valence-electron chi connectivity index (χ4n) is 2.18. The van der Waals surface area contributed by atoms with E-state index in [1.54, 1.807) is 36.4 Å². The Hall–Kier alpha value is -1.55. The molecule has 0 bridgehead atoms. The molecule has 0 saturated heterocycles. The lowest BCUT2D eigenvalue weighted by Crippen LogP contribution is -2.23. The minimum Gasteiger partial charge on any atom is -0.268 e. The van der Waals surface area contributed by atoms with Gasteiger partial charge in [-0.1, -0.05) is 35.3 Å². The first kappa shape index (κ1) is 14.4. The first-order chi connectivity index (χ1) is 10.1. The van der Waals surface area contributed by atoms with Crippen molar-refractivity contribution in [2.75, 3.05) is 0 Å². The second-order valence-corrected chi connectivity index (χ2v) is 5.53. The fraction of sp³-hybridized carbons (Fsp3) is 0.0667. The summed E-state index contributed by atoms with van der Waals surface area (Å²) < 4.78 is 1.42. The monoisotopic (exact) mass is 338 g/mol. The number of halogens is 3. The predicted octanol–water partition coefficient (Wildman–Crippen LogP) is 4.43. The number of hydrogen-bond donors (Lipinski definition) is 0. The first-order valence-corrected chi connectivity index (χ1v) is 7.43. The van der Waals surface area contributed by atoms with E-state index in [0.717, 1.165) is 0 Å². The Bertz CT molecular complexity index is 890. The fourth-order valence-corrected chi connectivity index (χ4v) is 2.85. The average molecular weight is 340 g/mol. The molecule has 0 radical (unpaired) electrons. The third-order valence-electron chi connectivity index (χ3n) is 3.12. The first-order valence-electron chi connectivity index (χ1n) is 6.14. The Morgan fingerprint density at radius 3 is 2.57 bits per heavy atom. The van der Waals surface area contributed by atoms with Gasteiger partial charge < -0.3 is 0 Å². The zero-order valence-electron chi connectivity index (χ0n) is 10.7. The van der Waals surface area contributed by atoms with Crippen molar-refractivity contribution in [1.82, 2.24) is 9.55 Å². The lowest BCUT2D eigenvalue weighted by Gasteiger charge is -2.13. The number of alkyl halides is 1. The van der Waals surface area contributed by atoms with E-state index < -0.39 is 0 Å². The summed E-state index contributed by atoms with van der Waals surface area (Å²) >= 11 is 18.0. The lowest BCUT2D eigenvalue weighted by atomic mass is 10.2. The van der Waals surface area contributed by atoms with Crippen LogP contribution >= 0.6 is 34.8 Å². The van der Waals surface area contributed by atoms with Gasteiger partial charge in [-0.25, -0.2) is 4.98 Å². The van der Waals surface area contributed by atoms with Gasteiger partial charge in [-0.05, 0) is 30.3 Å². The van der Waals surface area contributed by atoms with Crippen LogP contribution in [0.1, 0.15) is 5.82 Å². The summed E-state index contributed by atoms with van der Waals surface area (Å²) in [6.45, 7) is 0. The molecule has 3 nitrogen and oxygen atoms in total. The maximum atomic E-state index is 12.7. The largest absolute Gasteiger partial charge is 0.268 e. The Labute approximate surface area is 135 Å². The van der Waals surface area contributed by atoms with Gasteiger partial charge in [-0.2, -0.15) is 0 Å². The Balaban J connectivity index is 2.41. The van der Waals surface area contributed by atoms with Crippen molar-refractivity contribution in [1.29, 1.82) is 0 Å². The number of nitrogens with zero attached hydrogens (tertiary/aromatic N) is 2. The molecule has 0 amide bonds. The predicted molar refractivity (Wildman–Crippen MR) is 86.9 cm³/mol. The molecule has 0 unspecified atom stereocenters. The quantitative estimate of drug-likeness (QED) is 0.647. The van der Waals surface area contributed by atoms with Crippen molar-refractivity contribution in [3.63, 3.8) is 0 Å². The standard InChI is InChI=1S/C15H9Cl3N2O/c16-8-14-19-12-4-2-1-3-10(12)15(21)20(14)13-6-5-9(17)7-11(13)18/h1-7H,8H2. The molecule has 2 aromatic carbocycles. The highest BCUT2D eigenvalue weighted by Crippen LogP contribution is 2.25. The van der Waals surface area contributed by atoms with E-state index in [1.807, 2.05) is 6.07 Å². The van der Waals surface area contributed by atoms with E-state index in [-0.39, 0.29) is 11.4 Å². The van der Waals surface area contributed by atoms with Crippen molar-refractivity contribution in [3.05, 3.63) is 68.7 Å². The van der Waals surface area contributed by atoms with Gasteiger partial charge in [-0.3, -0.25) is 9.36 Å². The second-order valence-electron chi connectivity index (χ2n) is 4.42. The molecular formula is C15H9Cl3N2O. The van der Waals surface area contributed by atoms with Crippen LogP contribution in [0.2, 0.25) is 10.0 Å².